The quantitative estimate of drug-likeness (QED) is 0.242. The molecule has 44 heavy (non-hydrogen) atoms. The molecule has 9 nitrogen and oxygen atoms in total. The zero-order valence-electron chi connectivity index (χ0n) is 24.2. The predicted molar refractivity (Wildman–Crippen MR) is 166 cm³/mol. The molecule has 1 saturated heterocycles. The van der Waals surface area contributed by atoms with Crippen LogP contribution in [0.4, 0.5) is 10.5 Å². The molecule has 0 saturated carbocycles. The third kappa shape index (κ3) is 4.44. The number of carbonyl (C=O) groups is 3. The second-order valence-electron chi connectivity index (χ2n) is 10.9. The number of hydrogen-bond acceptors (Lipinski definition) is 5. The summed E-state index contributed by atoms with van der Waals surface area (Å²) in [4.78, 5) is 47.5. The minimum Gasteiger partial charge on any atom is -0.497 e. The normalized spacial score (nSPS) is 17.4. The number of aromatic nitrogens is 1. The number of urea groups is 1. The van der Waals surface area contributed by atoms with Crippen molar-refractivity contribution >= 4 is 34.4 Å². The van der Waals surface area contributed by atoms with Gasteiger partial charge >= 0.3 is 6.03 Å². The van der Waals surface area contributed by atoms with Crippen LogP contribution < -0.4 is 19.7 Å². The topological polar surface area (TPSA) is 104 Å². The molecule has 4 amide bonds. The van der Waals surface area contributed by atoms with Crippen molar-refractivity contribution in [1.29, 1.82) is 0 Å². The second kappa shape index (κ2) is 10.9. The lowest BCUT2D eigenvalue weighted by Crippen LogP contribution is -2.44. The van der Waals surface area contributed by atoms with Crippen LogP contribution in [0.25, 0.3) is 10.9 Å². The summed E-state index contributed by atoms with van der Waals surface area (Å²) in [5.41, 5.74) is 5.46. The second-order valence-corrected chi connectivity index (χ2v) is 10.9. The molecular formula is C35H30N4O5. The van der Waals surface area contributed by atoms with E-state index in [2.05, 4.69) is 10.3 Å². The fraction of sp³-hybridized carbons (Fsp3) is 0.171. The van der Waals surface area contributed by atoms with Gasteiger partial charge in [0.25, 0.3) is 11.8 Å². The maximum absolute atomic E-state index is 14.1. The lowest BCUT2D eigenvalue weighted by molar-refractivity contribution is -0.120. The molecule has 1 fully saturated rings. The highest BCUT2D eigenvalue weighted by molar-refractivity contribution is 6.22. The monoisotopic (exact) mass is 586 g/mol. The first-order chi connectivity index (χ1) is 21.5. The number of anilines is 1. The van der Waals surface area contributed by atoms with Gasteiger partial charge in [-0.2, -0.15) is 0 Å². The van der Waals surface area contributed by atoms with Crippen molar-refractivity contribution in [1.82, 2.24) is 15.2 Å². The smallest absolute Gasteiger partial charge is 0.332 e. The first-order valence-corrected chi connectivity index (χ1v) is 14.4. The maximum Gasteiger partial charge on any atom is 0.332 e. The SMILES string of the molecule is COc1ccc([C@@H]2c3[nH]c4ccccc4c3C[C@H]3C(=O)N(c4ccc(C(=O)NCc5ccccc5OC)cc4)C(=O)N23)cc1. The Morgan fingerprint density at radius 3 is 2.36 bits per heavy atom. The number of amides is 4. The van der Waals surface area contributed by atoms with Gasteiger partial charge in [0.2, 0.25) is 0 Å². The number of carbonyl (C=O) groups excluding carboxylic acids is 3. The van der Waals surface area contributed by atoms with E-state index in [0.717, 1.165) is 33.3 Å². The number of hydrogen-bond donors (Lipinski definition) is 2. The van der Waals surface area contributed by atoms with Gasteiger partial charge in [-0.1, -0.05) is 48.5 Å². The highest BCUT2D eigenvalue weighted by atomic mass is 16.5. The Kier molecular flexibility index (Phi) is 6.77. The standard InChI is InChI=1S/C35H30N4O5/c1-43-25-17-13-21(14-18-25)32-31-27(26-8-4-5-9-28(26)37-31)19-29-34(41)38(35(42)39(29)32)24-15-11-22(12-16-24)33(40)36-20-23-7-3-6-10-30(23)44-2/h3-18,29,32,37H,19-20H2,1-2H3,(H,36,40)/t29-,32+/m0/s1. The summed E-state index contributed by atoms with van der Waals surface area (Å²) < 4.78 is 10.7. The highest BCUT2D eigenvalue weighted by Crippen LogP contribution is 2.45. The highest BCUT2D eigenvalue weighted by Gasteiger charge is 2.53. The first kappa shape index (κ1) is 27.3. The summed E-state index contributed by atoms with van der Waals surface area (Å²) in [6, 6.07) is 28.0. The van der Waals surface area contributed by atoms with Gasteiger partial charge in [0.05, 0.1) is 19.9 Å². The van der Waals surface area contributed by atoms with E-state index in [1.165, 1.54) is 4.90 Å². The Balaban J connectivity index is 1.18. The average Bonchev–Trinajstić information content (AvgIpc) is 3.56. The molecule has 220 valence electrons. The number of nitrogens with one attached hydrogen (secondary N) is 2. The van der Waals surface area contributed by atoms with Gasteiger partial charge in [-0.3, -0.25) is 14.5 Å². The van der Waals surface area contributed by atoms with E-state index < -0.39 is 18.1 Å². The molecule has 2 aliphatic heterocycles. The molecular weight excluding hydrogens is 556 g/mol. The fourth-order valence-electron chi connectivity index (χ4n) is 6.33. The number of benzene rings is 4. The number of fused-ring (bicyclic) bond motifs is 4. The lowest BCUT2D eigenvalue weighted by atomic mass is 9.89. The number of H-pyrrole nitrogens is 1. The van der Waals surface area contributed by atoms with Crippen LogP contribution in [0.1, 0.15) is 38.8 Å². The molecule has 2 aliphatic rings. The van der Waals surface area contributed by atoms with E-state index in [9.17, 15) is 14.4 Å². The fourth-order valence-corrected chi connectivity index (χ4v) is 6.33. The summed E-state index contributed by atoms with van der Waals surface area (Å²) in [5.74, 6) is 0.829. The summed E-state index contributed by atoms with van der Waals surface area (Å²) in [6.07, 6.45) is 0.399. The Hall–Kier alpha value is -5.57. The molecule has 2 atom stereocenters. The molecule has 4 aromatic carbocycles. The zero-order chi connectivity index (χ0) is 30.4. The van der Waals surface area contributed by atoms with Gasteiger partial charge in [0.1, 0.15) is 23.6 Å². The van der Waals surface area contributed by atoms with Crippen LogP contribution in [0.2, 0.25) is 0 Å². The van der Waals surface area contributed by atoms with Crippen LogP contribution in [0.3, 0.4) is 0 Å². The number of para-hydroxylation sites is 2. The average molecular weight is 587 g/mol. The number of ether oxygens (including phenoxy) is 2. The van der Waals surface area contributed by atoms with Crippen LogP contribution in [0, 0.1) is 0 Å². The molecule has 1 aromatic heterocycles. The van der Waals surface area contributed by atoms with Crippen molar-refractivity contribution in [2.24, 2.45) is 0 Å². The summed E-state index contributed by atoms with van der Waals surface area (Å²) in [6.45, 7) is 0.298. The third-order valence-corrected chi connectivity index (χ3v) is 8.50. The minimum absolute atomic E-state index is 0.274. The van der Waals surface area contributed by atoms with E-state index in [1.54, 1.807) is 43.4 Å². The largest absolute Gasteiger partial charge is 0.497 e. The van der Waals surface area contributed by atoms with Crippen molar-refractivity contribution in [2.45, 2.75) is 25.0 Å². The van der Waals surface area contributed by atoms with Gasteiger partial charge in [-0.25, -0.2) is 9.69 Å². The van der Waals surface area contributed by atoms with E-state index in [0.29, 0.717) is 35.7 Å². The number of nitrogens with zero attached hydrogens (tertiary/aromatic N) is 2. The summed E-state index contributed by atoms with van der Waals surface area (Å²) in [5, 5.41) is 3.95. The van der Waals surface area contributed by atoms with Crippen molar-refractivity contribution < 1.29 is 23.9 Å². The summed E-state index contributed by atoms with van der Waals surface area (Å²) in [7, 11) is 3.20. The van der Waals surface area contributed by atoms with E-state index in [-0.39, 0.29) is 11.8 Å². The van der Waals surface area contributed by atoms with Gasteiger partial charge in [-0.05, 0) is 59.7 Å². The molecule has 3 heterocycles. The van der Waals surface area contributed by atoms with Gasteiger partial charge < -0.3 is 19.8 Å². The molecule has 7 rings (SSSR count). The van der Waals surface area contributed by atoms with E-state index >= 15 is 0 Å². The lowest BCUT2D eigenvalue weighted by Gasteiger charge is -2.36. The van der Waals surface area contributed by atoms with Gasteiger partial charge in [-0.15, -0.1) is 0 Å². The number of methoxy groups -OCH3 is 2. The van der Waals surface area contributed by atoms with Crippen LogP contribution in [0.15, 0.2) is 97.1 Å². The Bertz CT molecular complexity index is 1900. The van der Waals surface area contributed by atoms with Crippen molar-refractivity contribution in [3.8, 4) is 11.5 Å². The molecule has 2 N–H and O–H groups in total. The molecule has 0 radical (unpaired) electrons. The molecule has 0 spiro atoms. The predicted octanol–water partition coefficient (Wildman–Crippen LogP) is 5.60. The molecule has 0 aliphatic carbocycles. The molecule has 0 bridgehead atoms. The van der Waals surface area contributed by atoms with Crippen LogP contribution in [-0.4, -0.2) is 48.0 Å². The van der Waals surface area contributed by atoms with Gasteiger partial charge in [0, 0.05) is 40.7 Å². The minimum atomic E-state index is -0.676. The number of rotatable bonds is 7. The van der Waals surface area contributed by atoms with Crippen molar-refractivity contribution in [3.05, 3.63) is 125 Å². The Morgan fingerprint density at radius 2 is 1.61 bits per heavy atom. The van der Waals surface area contributed by atoms with Crippen LogP contribution in [-0.2, 0) is 17.8 Å². The third-order valence-electron chi connectivity index (χ3n) is 8.50. The van der Waals surface area contributed by atoms with Crippen LogP contribution >= 0.6 is 0 Å². The zero-order valence-corrected chi connectivity index (χ0v) is 24.2. The van der Waals surface area contributed by atoms with Crippen molar-refractivity contribution in [2.75, 3.05) is 19.1 Å². The number of imide groups is 1. The molecule has 5 aromatic rings. The van der Waals surface area contributed by atoms with E-state index in [4.69, 9.17) is 9.47 Å². The Morgan fingerprint density at radius 1 is 0.886 bits per heavy atom. The Labute approximate surface area is 254 Å². The number of aromatic amines is 1. The molecule has 0 unspecified atom stereocenters. The van der Waals surface area contributed by atoms with Crippen LogP contribution in [0.5, 0.6) is 11.5 Å². The van der Waals surface area contributed by atoms with Gasteiger partial charge in [0.15, 0.2) is 0 Å². The maximum atomic E-state index is 14.1. The summed E-state index contributed by atoms with van der Waals surface area (Å²) >= 11 is 0. The first-order valence-electron chi connectivity index (χ1n) is 14.4. The van der Waals surface area contributed by atoms with Crippen molar-refractivity contribution in [3.63, 3.8) is 0 Å². The molecule has 9 heteroatoms. The van der Waals surface area contributed by atoms with E-state index in [1.807, 2.05) is 72.8 Å².